The van der Waals surface area contributed by atoms with E-state index in [1.54, 1.807) is 19.6 Å². The van der Waals surface area contributed by atoms with Gasteiger partial charge in [0.2, 0.25) is 0 Å². The van der Waals surface area contributed by atoms with Crippen LogP contribution in [0.4, 0.5) is 0 Å². The van der Waals surface area contributed by atoms with Gasteiger partial charge in [-0.2, -0.15) is 0 Å². The number of pyridine rings is 1. The van der Waals surface area contributed by atoms with Gasteiger partial charge in [0, 0.05) is 6.20 Å². The monoisotopic (exact) mass is 227 g/mol. The van der Waals surface area contributed by atoms with Gasteiger partial charge < -0.3 is 4.74 Å². The average molecular weight is 228 g/mol. The lowest BCUT2D eigenvalue weighted by molar-refractivity contribution is 0.339. The van der Waals surface area contributed by atoms with Crippen LogP contribution in [0, 0.1) is 0 Å². The van der Waals surface area contributed by atoms with Crippen molar-refractivity contribution in [2.45, 2.75) is 6.92 Å². The normalized spacial score (nSPS) is 11.4. The van der Waals surface area contributed by atoms with E-state index >= 15 is 0 Å². The predicted molar refractivity (Wildman–Crippen MR) is 52.6 cm³/mol. The molecule has 12 heavy (non-hydrogen) atoms. The minimum Gasteiger partial charge on any atom is -0.504 e. The first-order chi connectivity index (χ1) is 5.74. The Kier molecular flexibility index (Phi) is 3.29. The van der Waals surface area contributed by atoms with Crippen LogP contribution in [0.3, 0.4) is 0 Å². The summed E-state index contributed by atoms with van der Waals surface area (Å²) in [5.41, 5.74) is 2.14. The van der Waals surface area contributed by atoms with Crippen molar-refractivity contribution in [1.29, 1.82) is 0 Å². The summed E-state index contributed by atoms with van der Waals surface area (Å²) in [6.45, 7) is 1.98. The number of rotatable bonds is 2. The third-order valence-corrected chi connectivity index (χ3v) is 1.95. The number of hydrogen-bond acceptors (Lipinski definition) is 2. The van der Waals surface area contributed by atoms with Crippen molar-refractivity contribution in [2.24, 2.45) is 0 Å². The number of allylic oxidation sites excluding steroid dienone is 1. The highest BCUT2D eigenvalue weighted by Gasteiger charge is 1.95. The van der Waals surface area contributed by atoms with Crippen molar-refractivity contribution in [1.82, 2.24) is 4.98 Å². The highest BCUT2D eigenvalue weighted by Crippen LogP contribution is 2.14. The zero-order valence-corrected chi connectivity index (χ0v) is 8.63. The van der Waals surface area contributed by atoms with Gasteiger partial charge in [0.25, 0.3) is 0 Å². The summed E-state index contributed by atoms with van der Waals surface area (Å²) in [4.78, 5) is 4.10. The standard InChI is InChI=1S/C9H10BrNO/c1-7(6-12-2)8-3-4-9(10)11-5-8/h3-6H,1-2H3. The highest BCUT2D eigenvalue weighted by molar-refractivity contribution is 9.10. The summed E-state index contributed by atoms with van der Waals surface area (Å²) in [7, 11) is 1.63. The topological polar surface area (TPSA) is 22.1 Å². The van der Waals surface area contributed by atoms with Gasteiger partial charge in [-0.15, -0.1) is 0 Å². The van der Waals surface area contributed by atoms with Crippen LogP contribution >= 0.6 is 15.9 Å². The Morgan fingerprint density at radius 1 is 1.58 bits per heavy atom. The third-order valence-electron chi connectivity index (χ3n) is 1.48. The molecule has 0 aliphatic rings. The Hall–Kier alpha value is -0.830. The second-order valence-electron chi connectivity index (χ2n) is 2.41. The Labute approximate surface area is 80.4 Å². The van der Waals surface area contributed by atoms with Crippen LogP contribution in [0.15, 0.2) is 29.2 Å². The minimum atomic E-state index is 0.844. The molecule has 0 unspecified atom stereocenters. The molecule has 3 heteroatoms. The molecule has 0 amide bonds. The van der Waals surface area contributed by atoms with Gasteiger partial charge >= 0.3 is 0 Å². The van der Waals surface area contributed by atoms with E-state index in [0.29, 0.717) is 0 Å². The summed E-state index contributed by atoms with van der Waals surface area (Å²) in [5, 5.41) is 0. The molecular weight excluding hydrogens is 218 g/mol. The maximum atomic E-state index is 4.89. The van der Waals surface area contributed by atoms with Gasteiger partial charge in [-0.1, -0.05) is 6.07 Å². The molecule has 64 valence electrons. The maximum absolute atomic E-state index is 4.89. The Morgan fingerprint density at radius 3 is 2.83 bits per heavy atom. The summed E-state index contributed by atoms with van der Waals surface area (Å²) >= 11 is 3.27. The SMILES string of the molecule is COC=C(C)c1ccc(Br)nc1. The Morgan fingerprint density at radius 2 is 2.33 bits per heavy atom. The van der Waals surface area contributed by atoms with Gasteiger partial charge in [0.15, 0.2) is 0 Å². The maximum Gasteiger partial charge on any atom is 0.106 e. The Balaban J connectivity index is 2.89. The minimum absolute atomic E-state index is 0.844. The van der Waals surface area contributed by atoms with Crippen LogP contribution in [-0.4, -0.2) is 12.1 Å². The molecule has 1 aromatic rings. The van der Waals surface area contributed by atoms with Crippen molar-refractivity contribution in [3.05, 3.63) is 34.8 Å². The van der Waals surface area contributed by atoms with E-state index in [0.717, 1.165) is 15.7 Å². The van der Waals surface area contributed by atoms with Crippen LogP contribution in [-0.2, 0) is 4.74 Å². The van der Waals surface area contributed by atoms with E-state index in [1.165, 1.54) is 0 Å². The molecule has 0 N–H and O–H groups in total. The quantitative estimate of drug-likeness (QED) is 0.573. The summed E-state index contributed by atoms with van der Waals surface area (Å²) < 4.78 is 5.73. The van der Waals surface area contributed by atoms with Gasteiger partial charge in [0.1, 0.15) is 4.60 Å². The molecule has 0 spiro atoms. The lowest BCUT2D eigenvalue weighted by Gasteiger charge is -1.99. The molecule has 1 rings (SSSR count). The fraction of sp³-hybridized carbons (Fsp3) is 0.222. The van der Waals surface area contributed by atoms with Crippen LogP contribution in [0.1, 0.15) is 12.5 Å². The smallest absolute Gasteiger partial charge is 0.106 e. The molecule has 0 radical (unpaired) electrons. The van der Waals surface area contributed by atoms with Gasteiger partial charge in [-0.25, -0.2) is 4.98 Å². The molecule has 0 bridgehead atoms. The molecule has 0 aliphatic heterocycles. The molecule has 1 aromatic heterocycles. The average Bonchev–Trinajstić information content (AvgIpc) is 2.06. The van der Waals surface area contributed by atoms with Gasteiger partial charge in [-0.3, -0.25) is 0 Å². The molecule has 0 saturated carbocycles. The van der Waals surface area contributed by atoms with Crippen molar-refractivity contribution in [3.63, 3.8) is 0 Å². The largest absolute Gasteiger partial charge is 0.504 e. The molecule has 0 aromatic carbocycles. The third kappa shape index (κ3) is 2.34. The van der Waals surface area contributed by atoms with Crippen LogP contribution in [0.5, 0.6) is 0 Å². The summed E-state index contributed by atoms with van der Waals surface area (Å²) in [6.07, 6.45) is 3.50. The van der Waals surface area contributed by atoms with E-state index in [-0.39, 0.29) is 0 Å². The Bertz CT molecular complexity index is 279. The van der Waals surface area contributed by atoms with Crippen LogP contribution < -0.4 is 0 Å². The fourth-order valence-electron chi connectivity index (χ4n) is 0.854. The number of hydrogen-bond donors (Lipinski definition) is 0. The first-order valence-electron chi connectivity index (χ1n) is 3.55. The lowest BCUT2D eigenvalue weighted by atomic mass is 10.1. The van der Waals surface area contributed by atoms with E-state index < -0.39 is 0 Å². The van der Waals surface area contributed by atoms with E-state index in [2.05, 4.69) is 20.9 Å². The summed E-state index contributed by atoms with van der Waals surface area (Å²) in [6, 6.07) is 3.89. The molecular formula is C9H10BrNO. The molecule has 1 heterocycles. The molecule has 0 atom stereocenters. The first-order valence-corrected chi connectivity index (χ1v) is 4.35. The number of halogens is 1. The zero-order chi connectivity index (χ0) is 8.97. The van der Waals surface area contributed by atoms with Crippen molar-refractivity contribution in [3.8, 4) is 0 Å². The van der Waals surface area contributed by atoms with Gasteiger partial charge in [0.05, 0.1) is 13.4 Å². The van der Waals surface area contributed by atoms with E-state index in [9.17, 15) is 0 Å². The predicted octanol–water partition coefficient (Wildman–Crippen LogP) is 2.85. The molecule has 0 aliphatic carbocycles. The van der Waals surface area contributed by atoms with Gasteiger partial charge in [-0.05, 0) is 40.1 Å². The molecule has 0 saturated heterocycles. The highest BCUT2D eigenvalue weighted by atomic mass is 79.9. The second kappa shape index (κ2) is 4.26. The molecule has 0 fully saturated rings. The number of nitrogens with zero attached hydrogens (tertiary/aromatic N) is 1. The van der Waals surface area contributed by atoms with Crippen LogP contribution in [0.25, 0.3) is 5.57 Å². The summed E-state index contributed by atoms with van der Waals surface area (Å²) in [5.74, 6) is 0. The second-order valence-corrected chi connectivity index (χ2v) is 3.22. The first kappa shape index (κ1) is 9.26. The van der Waals surface area contributed by atoms with E-state index in [4.69, 9.17) is 4.74 Å². The number of ether oxygens (including phenoxy) is 1. The lowest BCUT2D eigenvalue weighted by Crippen LogP contribution is -1.82. The van der Waals surface area contributed by atoms with Crippen molar-refractivity contribution in [2.75, 3.05) is 7.11 Å². The number of aromatic nitrogens is 1. The van der Waals surface area contributed by atoms with Crippen LogP contribution in [0.2, 0.25) is 0 Å². The number of methoxy groups -OCH3 is 1. The van der Waals surface area contributed by atoms with E-state index in [1.807, 2.05) is 19.1 Å². The zero-order valence-electron chi connectivity index (χ0n) is 7.04. The molecule has 2 nitrogen and oxygen atoms in total. The fourth-order valence-corrected chi connectivity index (χ4v) is 1.09. The van der Waals surface area contributed by atoms with Crippen molar-refractivity contribution >= 4 is 21.5 Å². The van der Waals surface area contributed by atoms with Crippen molar-refractivity contribution < 1.29 is 4.74 Å².